The molecule has 1 saturated carbocycles. The zero-order chi connectivity index (χ0) is 14.1. The molecule has 4 nitrogen and oxygen atoms in total. The van der Waals surface area contributed by atoms with Crippen LogP contribution < -0.4 is 10.6 Å². The minimum Gasteiger partial charge on any atom is -0.478 e. The summed E-state index contributed by atoms with van der Waals surface area (Å²) >= 11 is 0. The molecule has 1 aliphatic heterocycles. The monoisotopic (exact) mass is 274 g/mol. The lowest BCUT2D eigenvalue weighted by molar-refractivity contribution is 0.0697. The molecule has 1 aromatic rings. The van der Waals surface area contributed by atoms with Crippen molar-refractivity contribution in [2.24, 2.45) is 11.8 Å². The number of fused-ring (bicyclic) bond motifs is 1. The van der Waals surface area contributed by atoms with Crippen LogP contribution in [0.4, 0.5) is 11.4 Å². The second-order valence-electron chi connectivity index (χ2n) is 6.12. The second-order valence-corrected chi connectivity index (χ2v) is 6.12. The molecule has 0 bridgehead atoms. The van der Waals surface area contributed by atoms with Gasteiger partial charge in [-0.2, -0.15) is 0 Å². The van der Waals surface area contributed by atoms with Crippen molar-refractivity contribution in [2.45, 2.75) is 32.1 Å². The van der Waals surface area contributed by atoms with E-state index in [2.05, 4.69) is 4.90 Å². The zero-order valence-electron chi connectivity index (χ0n) is 11.7. The highest BCUT2D eigenvalue weighted by Gasteiger charge is 2.31. The van der Waals surface area contributed by atoms with E-state index in [4.69, 9.17) is 10.8 Å². The van der Waals surface area contributed by atoms with Gasteiger partial charge in [0.05, 0.1) is 16.9 Å². The lowest BCUT2D eigenvalue weighted by Gasteiger charge is -2.42. The van der Waals surface area contributed by atoms with Gasteiger partial charge in [0.1, 0.15) is 0 Å². The molecule has 3 N–H and O–H groups in total. The van der Waals surface area contributed by atoms with Crippen molar-refractivity contribution in [3.05, 3.63) is 23.8 Å². The Morgan fingerprint density at radius 3 is 2.65 bits per heavy atom. The van der Waals surface area contributed by atoms with Crippen LogP contribution in [0.15, 0.2) is 18.2 Å². The summed E-state index contributed by atoms with van der Waals surface area (Å²) in [6.07, 6.45) is 6.68. The van der Waals surface area contributed by atoms with Gasteiger partial charge in [-0.1, -0.05) is 19.3 Å². The van der Waals surface area contributed by atoms with Gasteiger partial charge in [0.15, 0.2) is 0 Å². The number of hydrogen-bond acceptors (Lipinski definition) is 3. The van der Waals surface area contributed by atoms with Gasteiger partial charge in [0.2, 0.25) is 0 Å². The number of nitrogens with zero attached hydrogens (tertiary/aromatic N) is 1. The molecule has 108 valence electrons. The Balaban J connectivity index is 1.78. The van der Waals surface area contributed by atoms with Gasteiger partial charge in [0, 0.05) is 13.1 Å². The van der Waals surface area contributed by atoms with E-state index in [1.165, 1.54) is 32.1 Å². The average molecular weight is 274 g/mol. The van der Waals surface area contributed by atoms with Crippen molar-refractivity contribution in [3.8, 4) is 0 Å². The zero-order valence-corrected chi connectivity index (χ0v) is 11.7. The van der Waals surface area contributed by atoms with E-state index in [-0.39, 0.29) is 5.56 Å². The first kappa shape index (κ1) is 13.3. The SMILES string of the molecule is Nc1cc(C(=O)O)ccc1N1CCC2CCCCC2C1. The number of nitrogens with two attached hydrogens (primary N) is 1. The van der Waals surface area contributed by atoms with Gasteiger partial charge < -0.3 is 15.7 Å². The van der Waals surface area contributed by atoms with Gasteiger partial charge in [-0.05, 0) is 42.9 Å². The molecule has 2 atom stereocenters. The number of nitrogen functional groups attached to an aromatic ring is 1. The van der Waals surface area contributed by atoms with Crippen molar-refractivity contribution in [2.75, 3.05) is 23.7 Å². The summed E-state index contributed by atoms with van der Waals surface area (Å²) in [6, 6.07) is 5.09. The third-order valence-electron chi connectivity index (χ3n) is 4.91. The van der Waals surface area contributed by atoms with E-state index in [0.717, 1.165) is 30.6 Å². The topological polar surface area (TPSA) is 66.6 Å². The van der Waals surface area contributed by atoms with E-state index < -0.39 is 5.97 Å². The first-order chi connectivity index (χ1) is 9.65. The predicted molar refractivity (Wildman–Crippen MR) is 80.1 cm³/mol. The van der Waals surface area contributed by atoms with Crippen LogP contribution in [0.3, 0.4) is 0 Å². The van der Waals surface area contributed by atoms with Crippen molar-refractivity contribution in [3.63, 3.8) is 0 Å². The van der Waals surface area contributed by atoms with Crippen LogP contribution in [-0.4, -0.2) is 24.2 Å². The Morgan fingerprint density at radius 2 is 1.95 bits per heavy atom. The molecule has 0 aromatic heterocycles. The van der Waals surface area contributed by atoms with Gasteiger partial charge >= 0.3 is 5.97 Å². The average Bonchev–Trinajstić information content (AvgIpc) is 2.46. The van der Waals surface area contributed by atoms with Crippen LogP contribution in [0.5, 0.6) is 0 Å². The first-order valence-corrected chi connectivity index (χ1v) is 7.53. The molecule has 4 heteroatoms. The van der Waals surface area contributed by atoms with Gasteiger partial charge in [0.25, 0.3) is 0 Å². The molecule has 3 rings (SSSR count). The van der Waals surface area contributed by atoms with Crippen LogP contribution in [0.2, 0.25) is 0 Å². The molecule has 0 spiro atoms. The summed E-state index contributed by atoms with van der Waals surface area (Å²) in [7, 11) is 0. The van der Waals surface area contributed by atoms with Crippen molar-refractivity contribution in [1.29, 1.82) is 0 Å². The Bertz CT molecular complexity index is 515. The van der Waals surface area contributed by atoms with E-state index >= 15 is 0 Å². The number of aromatic carboxylic acids is 1. The molecule has 0 radical (unpaired) electrons. The van der Waals surface area contributed by atoms with Crippen molar-refractivity contribution < 1.29 is 9.90 Å². The Kier molecular flexibility index (Phi) is 3.55. The predicted octanol–water partition coefficient (Wildman–Crippen LogP) is 2.98. The fraction of sp³-hybridized carbons (Fsp3) is 0.562. The normalized spacial score (nSPS) is 26.1. The first-order valence-electron chi connectivity index (χ1n) is 7.53. The molecular weight excluding hydrogens is 252 g/mol. The van der Waals surface area contributed by atoms with E-state index in [1.807, 2.05) is 6.07 Å². The Morgan fingerprint density at radius 1 is 1.20 bits per heavy atom. The van der Waals surface area contributed by atoms with Crippen LogP contribution in [0, 0.1) is 11.8 Å². The largest absolute Gasteiger partial charge is 0.478 e. The van der Waals surface area contributed by atoms with Crippen molar-refractivity contribution in [1.82, 2.24) is 0 Å². The summed E-state index contributed by atoms with van der Waals surface area (Å²) in [5, 5.41) is 9.00. The molecule has 1 heterocycles. The number of piperidine rings is 1. The number of anilines is 2. The van der Waals surface area contributed by atoms with E-state index in [0.29, 0.717) is 5.69 Å². The summed E-state index contributed by atoms with van der Waals surface area (Å²) in [4.78, 5) is 13.3. The van der Waals surface area contributed by atoms with E-state index in [9.17, 15) is 4.79 Å². The quantitative estimate of drug-likeness (QED) is 0.814. The summed E-state index contributed by atoms with van der Waals surface area (Å²) < 4.78 is 0. The van der Waals surface area contributed by atoms with Gasteiger partial charge in [-0.3, -0.25) is 0 Å². The minimum absolute atomic E-state index is 0.263. The fourth-order valence-corrected chi connectivity index (χ4v) is 3.80. The molecule has 1 aliphatic carbocycles. The molecule has 20 heavy (non-hydrogen) atoms. The summed E-state index contributed by atoms with van der Waals surface area (Å²) in [6.45, 7) is 2.11. The smallest absolute Gasteiger partial charge is 0.335 e. The lowest BCUT2D eigenvalue weighted by atomic mass is 9.75. The molecule has 2 aliphatic rings. The maximum atomic E-state index is 11.0. The number of carboxylic acids is 1. The number of carbonyl (C=O) groups is 1. The maximum Gasteiger partial charge on any atom is 0.335 e. The Hall–Kier alpha value is -1.71. The molecule has 1 aromatic carbocycles. The highest BCUT2D eigenvalue weighted by molar-refractivity contribution is 5.90. The number of benzene rings is 1. The second kappa shape index (κ2) is 5.35. The number of rotatable bonds is 2. The summed E-state index contributed by atoms with van der Waals surface area (Å²) in [5.41, 5.74) is 7.90. The highest BCUT2D eigenvalue weighted by Crippen LogP contribution is 2.38. The third kappa shape index (κ3) is 2.47. The highest BCUT2D eigenvalue weighted by atomic mass is 16.4. The van der Waals surface area contributed by atoms with Crippen LogP contribution in [0.1, 0.15) is 42.5 Å². The lowest BCUT2D eigenvalue weighted by Crippen LogP contribution is -2.42. The number of carboxylic acid groups (broad SMARTS) is 1. The minimum atomic E-state index is -0.922. The Labute approximate surface area is 119 Å². The fourth-order valence-electron chi connectivity index (χ4n) is 3.80. The van der Waals surface area contributed by atoms with Gasteiger partial charge in [-0.25, -0.2) is 4.79 Å². The molecule has 1 saturated heterocycles. The molecule has 2 unspecified atom stereocenters. The van der Waals surface area contributed by atoms with Crippen LogP contribution in [-0.2, 0) is 0 Å². The van der Waals surface area contributed by atoms with Crippen molar-refractivity contribution >= 4 is 17.3 Å². The molecule has 2 fully saturated rings. The number of hydrogen-bond donors (Lipinski definition) is 2. The van der Waals surface area contributed by atoms with Crippen LogP contribution >= 0.6 is 0 Å². The molecule has 0 amide bonds. The summed E-state index contributed by atoms with van der Waals surface area (Å²) in [5.74, 6) is 0.754. The third-order valence-corrected chi connectivity index (χ3v) is 4.91. The molecular formula is C16H22N2O2. The van der Waals surface area contributed by atoms with Gasteiger partial charge in [-0.15, -0.1) is 0 Å². The maximum absolute atomic E-state index is 11.0. The standard InChI is InChI=1S/C16H22N2O2/c17-14-9-12(16(19)20)5-6-15(14)18-8-7-11-3-1-2-4-13(11)10-18/h5-6,9,11,13H,1-4,7-8,10,17H2,(H,19,20). The van der Waals surface area contributed by atoms with E-state index in [1.54, 1.807) is 12.1 Å². The van der Waals surface area contributed by atoms with Crippen LogP contribution in [0.25, 0.3) is 0 Å².